The maximum atomic E-state index is 12.2. The molecule has 0 atom stereocenters. The maximum Gasteiger partial charge on any atom is 0.246 e. The molecular weight excluding hydrogens is 344 g/mol. The number of aromatic nitrogens is 1. The normalized spacial score (nSPS) is 12.1. The lowest BCUT2D eigenvalue weighted by Crippen LogP contribution is -2.30. The first kappa shape index (κ1) is 15.8. The molecule has 5 nitrogen and oxygen atoms in total. The van der Waals surface area contributed by atoms with Crippen LogP contribution in [0.15, 0.2) is 21.6 Å². The zero-order valence-corrected chi connectivity index (χ0v) is 13.2. The summed E-state index contributed by atoms with van der Waals surface area (Å²) in [7, 11) is -2.17. The molecule has 0 fully saturated rings. The summed E-state index contributed by atoms with van der Waals surface area (Å²) in [6.07, 6.45) is 1.45. The first-order valence-electron chi connectivity index (χ1n) is 5.24. The SMILES string of the molecule is CCOCCN(C)S(=O)(=O)c1cc(Br)cnc1Cl. The van der Waals surface area contributed by atoms with Crippen molar-refractivity contribution in [2.24, 2.45) is 0 Å². The molecule has 102 valence electrons. The summed E-state index contributed by atoms with van der Waals surface area (Å²) in [5, 5.41) is -0.0403. The van der Waals surface area contributed by atoms with Gasteiger partial charge < -0.3 is 4.74 Å². The highest BCUT2D eigenvalue weighted by Gasteiger charge is 2.24. The minimum atomic E-state index is -3.64. The Morgan fingerprint density at radius 1 is 1.56 bits per heavy atom. The summed E-state index contributed by atoms with van der Waals surface area (Å²) in [5.41, 5.74) is 0. The topological polar surface area (TPSA) is 59.5 Å². The smallest absolute Gasteiger partial charge is 0.246 e. The molecule has 0 N–H and O–H groups in total. The number of ether oxygens (including phenoxy) is 1. The Kier molecular flexibility index (Phi) is 6.00. The third-order valence-corrected chi connectivity index (χ3v) is 4.93. The average molecular weight is 358 g/mol. The second kappa shape index (κ2) is 6.81. The van der Waals surface area contributed by atoms with Gasteiger partial charge in [-0.2, -0.15) is 4.31 Å². The first-order valence-corrected chi connectivity index (χ1v) is 7.85. The largest absolute Gasteiger partial charge is 0.380 e. The quantitative estimate of drug-likeness (QED) is 0.578. The molecular formula is C10H14BrClN2O3S. The van der Waals surface area contributed by atoms with Gasteiger partial charge in [-0.3, -0.25) is 0 Å². The van der Waals surface area contributed by atoms with Crippen molar-refractivity contribution in [2.75, 3.05) is 26.8 Å². The molecule has 0 aromatic carbocycles. The monoisotopic (exact) mass is 356 g/mol. The lowest BCUT2D eigenvalue weighted by atomic mass is 10.5. The molecule has 0 saturated heterocycles. The van der Waals surface area contributed by atoms with Gasteiger partial charge in [0, 0.05) is 30.9 Å². The fraction of sp³-hybridized carbons (Fsp3) is 0.500. The van der Waals surface area contributed by atoms with Crippen LogP contribution in [0.4, 0.5) is 0 Å². The van der Waals surface area contributed by atoms with E-state index in [-0.39, 0.29) is 16.6 Å². The van der Waals surface area contributed by atoms with Crippen molar-refractivity contribution in [1.29, 1.82) is 0 Å². The van der Waals surface area contributed by atoms with Crippen molar-refractivity contribution in [1.82, 2.24) is 9.29 Å². The van der Waals surface area contributed by atoms with E-state index < -0.39 is 10.0 Å². The number of pyridine rings is 1. The molecule has 0 aliphatic carbocycles. The number of rotatable bonds is 6. The van der Waals surface area contributed by atoms with Gasteiger partial charge in [-0.15, -0.1) is 0 Å². The van der Waals surface area contributed by atoms with E-state index in [1.165, 1.54) is 23.6 Å². The van der Waals surface area contributed by atoms with Crippen LogP contribution in [0.5, 0.6) is 0 Å². The minimum Gasteiger partial charge on any atom is -0.380 e. The summed E-state index contributed by atoms with van der Waals surface area (Å²) in [4.78, 5) is 3.79. The van der Waals surface area contributed by atoms with Crippen LogP contribution in [0.3, 0.4) is 0 Å². The number of likely N-dealkylation sites (N-methyl/N-ethyl adjacent to an activating group) is 1. The molecule has 0 aliphatic rings. The average Bonchev–Trinajstić information content (AvgIpc) is 2.32. The van der Waals surface area contributed by atoms with Gasteiger partial charge in [-0.25, -0.2) is 13.4 Å². The van der Waals surface area contributed by atoms with Gasteiger partial charge in [-0.05, 0) is 28.9 Å². The first-order chi connectivity index (χ1) is 8.39. The number of sulfonamides is 1. The molecule has 1 heterocycles. The standard InChI is InChI=1S/C10H14BrClN2O3S/c1-3-17-5-4-14(2)18(15,16)9-6-8(11)7-13-10(9)12/h6-7H,3-5H2,1-2H3. The van der Waals surface area contributed by atoms with Crippen molar-refractivity contribution in [2.45, 2.75) is 11.8 Å². The fourth-order valence-electron chi connectivity index (χ4n) is 1.21. The highest BCUT2D eigenvalue weighted by atomic mass is 79.9. The molecule has 0 unspecified atom stereocenters. The molecule has 0 amide bonds. The summed E-state index contributed by atoms with van der Waals surface area (Å²) >= 11 is 8.99. The van der Waals surface area contributed by atoms with Crippen molar-refractivity contribution < 1.29 is 13.2 Å². The van der Waals surface area contributed by atoms with E-state index >= 15 is 0 Å². The highest BCUT2D eigenvalue weighted by Crippen LogP contribution is 2.24. The molecule has 0 bridgehead atoms. The molecule has 1 aromatic rings. The van der Waals surface area contributed by atoms with Crippen LogP contribution in [0, 0.1) is 0 Å². The summed E-state index contributed by atoms with van der Waals surface area (Å²) in [6, 6.07) is 1.43. The number of hydrogen-bond donors (Lipinski definition) is 0. The molecule has 0 radical (unpaired) electrons. The van der Waals surface area contributed by atoms with E-state index in [2.05, 4.69) is 20.9 Å². The third-order valence-electron chi connectivity index (χ3n) is 2.22. The van der Waals surface area contributed by atoms with E-state index in [9.17, 15) is 8.42 Å². The number of hydrogen-bond acceptors (Lipinski definition) is 4. The van der Waals surface area contributed by atoms with Crippen molar-refractivity contribution in [3.05, 3.63) is 21.9 Å². The Balaban J connectivity index is 2.95. The van der Waals surface area contributed by atoms with E-state index in [1.807, 2.05) is 6.92 Å². The zero-order valence-electron chi connectivity index (χ0n) is 10.1. The Morgan fingerprint density at radius 3 is 2.83 bits per heavy atom. The van der Waals surface area contributed by atoms with Crippen LogP contribution >= 0.6 is 27.5 Å². The number of nitrogens with zero attached hydrogens (tertiary/aromatic N) is 2. The molecule has 0 aliphatic heterocycles. The summed E-state index contributed by atoms with van der Waals surface area (Å²) in [5.74, 6) is 0. The van der Waals surface area contributed by atoms with Crippen molar-refractivity contribution >= 4 is 37.6 Å². The van der Waals surface area contributed by atoms with Gasteiger partial charge >= 0.3 is 0 Å². The predicted octanol–water partition coefficient (Wildman–Crippen LogP) is 2.15. The van der Waals surface area contributed by atoms with E-state index in [4.69, 9.17) is 16.3 Å². The Hall–Kier alpha value is -0.210. The van der Waals surface area contributed by atoms with E-state index in [0.717, 1.165) is 0 Å². The van der Waals surface area contributed by atoms with Gasteiger partial charge in [0.05, 0.1) is 6.61 Å². The second-order valence-corrected chi connectivity index (χ2v) is 6.75. The van der Waals surface area contributed by atoms with Crippen LogP contribution in [-0.4, -0.2) is 44.5 Å². The zero-order chi connectivity index (χ0) is 13.8. The lowest BCUT2D eigenvalue weighted by Gasteiger charge is -2.17. The van der Waals surface area contributed by atoms with Crippen LogP contribution in [0.1, 0.15) is 6.92 Å². The number of halogens is 2. The third kappa shape index (κ3) is 3.89. The van der Waals surface area contributed by atoms with Gasteiger partial charge in [-0.1, -0.05) is 11.6 Å². The predicted molar refractivity (Wildman–Crippen MR) is 73.3 cm³/mol. The fourth-order valence-corrected chi connectivity index (χ4v) is 3.28. The van der Waals surface area contributed by atoms with Gasteiger partial charge in [0.1, 0.15) is 10.0 Å². The molecule has 8 heteroatoms. The van der Waals surface area contributed by atoms with Crippen LogP contribution < -0.4 is 0 Å². The van der Waals surface area contributed by atoms with Crippen molar-refractivity contribution in [3.8, 4) is 0 Å². The molecule has 1 aromatic heterocycles. The Labute approximate surface area is 120 Å². The van der Waals surface area contributed by atoms with E-state index in [0.29, 0.717) is 17.7 Å². The molecule has 0 saturated carbocycles. The molecule has 0 spiro atoms. The highest BCUT2D eigenvalue weighted by molar-refractivity contribution is 9.10. The molecule has 18 heavy (non-hydrogen) atoms. The Morgan fingerprint density at radius 2 is 2.22 bits per heavy atom. The maximum absolute atomic E-state index is 12.2. The van der Waals surface area contributed by atoms with Gasteiger partial charge in [0.15, 0.2) is 0 Å². The summed E-state index contributed by atoms with van der Waals surface area (Å²) in [6.45, 7) is 3.00. The van der Waals surface area contributed by atoms with Crippen LogP contribution in [-0.2, 0) is 14.8 Å². The van der Waals surface area contributed by atoms with Gasteiger partial charge in [0.2, 0.25) is 10.0 Å². The van der Waals surface area contributed by atoms with Crippen molar-refractivity contribution in [3.63, 3.8) is 0 Å². The Bertz CT molecular complexity index is 510. The van der Waals surface area contributed by atoms with Gasteiger partial charge in [0.25, 0.3) is 0 Å². The van der Waals surface area contributed by atoms with E-state index in [1.54, 1.807) is 0 Å². The second-order valence-electron chi connectivity index (χ2n) is 3.47. The lowest BCUT2D eigenvalue weighted by molar-refractivity contribution is 0.138. The van der Waals surface area contributed by atoms with Crippen LogP contribution in [0.25, 0.3) is 0 Å². The summed E-state index contributed by atoms with van der Waals surface area (Å²) < 4.78 is 31.3. The van der Waals surface area contributed by atoms with Crippen LogP contribution in [0.2, 0.25) is 5.15 Å². The minimum absolute atomic E-state index is 0.0162. The molecule has 1 rings (SSSR count).